The Labute approximate surface area is 151 Å². The minimum absolute atomic E-state index is 0.133. The van der Waals surface area contributed by atoms with E-state index >= 15 is 0 Å². The number of rotatable bonds is 5. The summed E-state index contributed by atoms with van der Waals surface area (Å²) in [7, 11) is 0. The highest BCUT2D eigenvalue weighted by Crippen LogP contribution is 2.21. The smallest absolute Gasteiger partial charge is 0.338 e. The van der Waals surface area contributed by atoms with Crippen molar-refractivity contribution < 1.29 is 14.7 Å². The second-order valence-corrected chi connectivity index (χ2v) is 5.98. The molecule has 0 aliphatic carbocycles. The van der Waals surface area contributed by atoms with Crippen molar-refractivity contribution in [3.05, 3.63) is 64.4 Å². The molecular formula is C20H21NO3S. The maximum Gasteiger partial charge on any atom is 0.338 e. The van der Waals surface area contributed by atoms with E-state index < -0.39 is 5.97 Å². The van der Waals surface area contributed by atoms with Crippen LogP contribution in [0.25, 0.3) is 10.8 Å². The highest BCUT2D eigenvalue weighted by atomic mass is 32.1. The first-order chi connectivity index (χ1) is 12.1. The molecule has 0 atom stereocenters. The minimum Gasteiger partial charge on any atom is -0.478 e. The van der Waals surface area contributed by atoms with Crippen LogP contribution < -0.4 is 5.32 Å². The van der Waals surface area contributed by atoms with Gasteiger partial charge in [0, 0.05) is 17.2 Å². The summed E-state index contributed by atoms with van der Waals surface area (Å²) in [6, 6.07) is 14.2. The van der Waals surface area contributed by atoms with Gasteiger partial charge in [-0.05, 0) is 22.8 Å². The Balaban J connectivity index is 0.00000109. The molecular weight excluding hydrogens is 334 g/mol. The number of nitrogens with one attached hydrogen (secondary N) is 1. The van der Waals surface area contributed by atoms with E-state index in [1.807, 2.05) is 44.2 Å². The predicted molar refractivity (Wildman–Crippen MR) is 104 cm³/mol. The van der Waals surface area contributed by atoms with Crippen LogP contribution >= 0.6 is 11.3 Å². The van der Waals surface area contributed by atoms with Gasteiger partial charge in [0.05, 0.1) is 11.3 Å². The highest BCUT2D eigenvalue weighted by Gasteiger charge is 2.13. The lowest BCUT2D eigenvalue weighted by atomic mass is 10.0. The zero-order chi connectivity index (χ0) is 18.2. The maximum atomic E-state index is 12.0. The number of benzene rings is 2. The van der Waals surface area contributed by atoms with E-state index in [2.05, 4.69) is 17.4 Å². The predicted octanol–water partition coefficient (Wildman–Crippen LogP) is 5.20. The Hall–Kier alpha value is -2.66. The molecule has 0 aliphatic heterocycles. The molecule has 130 valence electrons. The third-order valence-corrected chi connectivity index (χ3v) is 4.36. The Morgan fingerprint density at radius 2 is 1.76 bits per heavy atom. The molecule has 2 aromatic carbocycles. The Kier molecular flexibility index (Phi) is 6.71. The first kappa shape index (κ1) is 18.7. The molecule has 1 heterocycles. The van der Waals surface area contributed by atoms with Crippen molar-refractivity contribution >= 4 is 39.7 Å². The molecule has 3 aromatic rings. The van der Waals surface area contributed by atoms with Gasteiger partial charge in [0.15, 0.2) is 0 Å². The van der Waals surface area contributed by atoms with Crippen molar-refractivity contribution in [1.82, 2.24) is 0 Å². The van der Waals surface area contributed by atoms with E-state index in [9.17, 15) is 9.59 Å². The van der Waals surface area contributed by atoms with Crippen molar-refractivity contribution in [3.63, 3.8) is 0 Å². The fourth-order valence-corrected chi connectivity index (χ4v) is 3.18. The van der Waals surface area contributed by atoms with Crippen LogP contribution in [0.1, 0.15) is 36.2 Å². The molecule has 0 bridgehead atoms. The topological polar surface area (TPSA) is 66.4 Å². The van der Waals surface area contributed by atoms with Gasteiger partial charge in [0.25, 0.3) is 0 Å². The third kappa shape index (κ3) is 4.90. The zero-order valence-corrected chi connectivity index (χ0v) is 15.1. The molecule has 0 spiro atoms. The Morgan fingerprint density at radius 1 is 1.04 bits per heavy atom. The molecule has 1 aromatic heterocycles. The average Bonchev–Trinajstić information content (AvgIpc) is 3.10. The van der Waals surface area contributed by atoms with Crippen molar-refractivity contribution in [1.29, 1.82) is 0 Å². The number of carboxylic acids is 1. The number of fused-ring (bicyclic) bond motifs is 1. The largest absolute Gasteiger partial charge is 0.478 e. The van der Waals surface area contributed by atoms with Crippen LogP contribution in [0.2, 0.25) is 0 Å². The van der Waals surface area contributed by atoms with Crippen molar-refractivity contribution in [2.45, 2.75) is 26.7 Å². The fraction of sp³-hybridized carbons (Fsp3) is 0.200. The summed E-state index contributed by atoms with van der Waals surface area (Å²) in [5.74, 6) is -1.21. The first-order valence-corrected chi connectivity index (χ1v) is 9.15. The van der Waals surface area contributed by atoms with E-state index in [1.54, 1.807) is 5.38 Å². The summed E-state index contributed by atoms with van der Waals surface area (Å²) >= 11 is 1.26. The standard InChI is InChI=1S/C18H15NO3S.C2H6/c20-17(19-16-11-23-10-15(16)18(21)22)8-6-12-5-7-13-3-1-2-4-14(13)9-12;1-2/h1-5,7,9-11H,6,8H2,(H,19,20)(H,21,22);1-2H3. The van der Waals surface area contributed by atoms with E-state index in [4.69, 9.17) is 5.11 Å². The summed E-state index contributed by atoms with van der Waals surface area (Å²) in [5.41, 5.74) is 1.59. The molecule has 4 nitrogen and oxygen atoms in total. The van der Waals surface area contributed by atoms with E-state index in [0.29, 0.717) is 18.5 Å². The number of carbonyl (C=O) groups excluding carboxylic acids is 1. The first-order valence-electron chi connectivity index (χ1n) is 8.20. The van der Waals surface area contributed by atoms with Gasteiger partial charge >= 0.3 is 5.97 Å². The summed E-state index contributed by atoms with van der Waals surface area (Å²) in [6.07, 6.45) is 0.927. The molecule has 1 amide bonds. The number of hydrogen-bond acceptors (Lipinski definition) is 3. The van der Waals surface area contributed by atoms with Gasteiger partial charge in [-0.2, -0.15) is 0 Å². The van der Waals surface area contributed by atoms with Crippen LogP contribution in [0, 0.1) is 0 Å². The molecule has 5 heteroatoms. The molecule has 0 radical (unpaired) electrons. The number of anilines is 1. The molecule has 3 rings (SSSR count). The minimum atomic E-state index is -1.03. The van der Waals surface area contributed by atoms with Gasteiger partial charge in [-0.3, -0.25) is 4.79 Å². The number of amides is 1. The number of thiophene rings is 1. The lowest BCUT2D eigenvalue weighted by molar-refractivity contribution is -0.116. The van der Waals surface area contributed by atoms with E-state index in [-0.39, 0.29) is 11.5 Å². The van der Waals surface area contributed by atoms with Gasteiger partial charge in [0.1, 0.15) is 0 Å². The monoisotopic (exact) mass is 355 g/mol. The SMILES string of the molecule is CC.O=C(CCc1ccc2ccccc2c1)Nc1cscc1C(=O)O. The van der Waals surface area contributed by atoms with Crippen molar-refractivity contribution in [2.24, 2.45) is 0 Å². The van der Waals surface area contributed by atoms with Crippen LogP contribution in [-0.2, 0) is 11.2 Å². The quantitative estimate of drug-likeness (QED) is 0.661. The third-order valence-electron chi connectivity index (χ3n) is 3.62. The van der Waals surface area contributed by atoms with Crippen LogP contribution in [0.3, 0.4) is 0 Å². The number of carboxylic acid groups (broad SMARTS) is 1. The highest BCUT2D eigenvalue weighted by molar-refractivity contribution is 7.08. The fourth-order valence-electron chi connectivity index (χ4n) is 2.42. The molecule has 25 heavy (non-hydrogen) atoms. The summed E-state index contributed by atoms with van der Waals surface area (Å²) in [5, 5.41) is 17.2. The van der Waals surface area contributed by atoms with Crippen LogP contribution in [0.15, 0.2) is 53.2 Å². The second-order valence-electron chi connectivity index (χ2n) is 5.23. The van der Waals surface area contributed by atoms with Gasteiger partial charge in [-0.15, -0.1) is 11.3 Å². The molecule has 0 saturated carbocycles. The van der Waals surface area contributed by atoms with E-state index in [0.717, 1.165) is 10.9 Å². The lowest BCUT2D eigenvalue weighted by Crippen LogP contribution is -2.14. The van der Waals surface area contributed by atoms with Crippen LogP contribution in [0.5, 0.6) is 0 Å². The van der Waals surface area contributed by atoms with Gasteiger partial charge in [0.2, 0.25) is 5.91 Å². The summed E-state index contributed by atoms with van der Waals surface area (Å²) in [4.78, 5) is 23.0. The second kappa shape index (κ2) is 8.99. The van der Waals surface area contributed by atoms with Gasteiger partial charge in [-0.25, -0.2) is 4.79 Å². The molecule has 0 unspecified atom stereocenters. The Bertz CT molecular complexity index is 870. The average molecular weight is 355 g/mol. The number of aryl methyl sites for hydroxylation is 1. The Morgan fingerprint density at radius 3 is 2.48 bits per heavy atom. The number of carbonyl (C=O) groups is 2. The van der Waals surface area contributed by atoms with Crippen molar-refractivity contribution in [2.75, 3.05) is 5.32 Å². The van der Waals surface area contributed by atoms with Crippen LogP contribution in [-0.4, -0.2) is 17.0 Å². The molecule has 0 saturated heterocycles. The van der Waals surface area contributed by atoms with Gasteiger partial charge in [-0.1, -0.05) is 56.3 Å². The number of aromatic carboxylic acids is 1. The zero-order valence-electron chi connectivity index (χ0n) is 14.3. The molecule has 0 fully saturated rings. The summed E-state index contributed by atoms with van der Waals surface area (Å²) < 4.78 is 0. The molecule has 0 aliphatic rings. The summed E-state index contributed by atoms with van der Waals surface area (Å²) in [6.45, 7) is 4.00. The lowest BCUT2D eigenvalue weighted by Gasteiger charge is -2.06. The van der Waals surface area contributed by atoms with Gasteiger partial charge < -0.3 is 10.4 Å². The normalized spacial score (nSPS) is 10.0. The maximum absolute atomic E-state index is 12.0. The van der Waals surface area contributed by atoms with E-state index in [1.165, 1.54) is 22.1 Å². The number of hydrogen-bond donors (Lipinski definition) is 2. The van der Waals surface area contributed by atoms with Crippen molar-refractivity contribution in [3.8, 4) is 0 Å². The van der Waals surface area contributed by atoms with Crippen LogP contribution in [0.4, 0.5) is 5.69 Å². The molecule has 2 N–H and O–H groups in total.